The van der Waals surface area contributed by atoms with Gasteiger partial charge in [-0.05, 0) is 31.0 Å². The number of hydrogen-bond donors (Lipinski definition) is 1. The van der Waals surface area contributed by atoms with Crippen molar-refractivity contribution in [2.45, 2.75) is 25.1 Å². The van der Waals surface area contributed by atoms with Crippen LogP contribution >= 0.6 is 0 Å². The number of methoxy groups -OCH3 is 1. The summed E-state index contributed by atoms with van der Waals surface area (Å²) in [6, 6.07) is 3.42. The number of nitrogens with one attached hydrogen (secondary N) is 1. The summed E-state index contributed by atoms with van der Waals surface area (Å²) in [6.07, 6.45) is 1.64. The van der Waals surface area contributed by atoms with Gasteiger partial charge in [-0.2, -0.15) is 4.98 Å². The fourth-order valence-electron chi connectivity index (χ4n) is 2.22. The summed E-state index contributed by atoms with van der Waals surface area (Å²) in [5.74, 6) is -1.18. The monoisotopic (exact) mass is 281 g/mol. The molecule has 0 bridgehead atoms. The Morgan fingerprint density at radius 3 is 2.85 bits per heavy atom. The molecule has 0 radical (unpaired) electrons. The highest BCUT2D eigenvalue weighted by atomic mass is 19.2. The molecule has 7 heteroatoms. The van der Waals surface area contributed by atoms with Crippen molar-refractivity contribution in [2.24, 2.45) is 0 Å². The number of nitrogens with zero attached hydrogens (tertiary/aromatic N) is 2. The second-order valence-corrected chi connectivity index (χ2v) is 4.61. The molecule has 1 aromatic carbocycles. The molecule has 0 spiro atoms. The molecule has 0 aliphatic carbocycles. The SMILES string of the molecule is COC1CCC(c2nc(-c3ccc(F)c(F)c3)no2)N1. The third-order valence-electron chi connectivity index (χ3n) is 3.31. The highest BCUT2D eigenvalue weighted by molar-refractivity contribution is 5.54. The Balaban J connectivity index is 1.81. The summed E-state index contributed by atoms with van der Waals surface area (Å²) in [5, 5.41) is 6.99. The van der Waals surface area contributed by atoms with Crippen LogP contribution in [0.25, 0.3) is 11.4 Å². The molecule has 0 amide bonds. The van der Waals surface area contributed by atoms with E-state index >= 15 is 0 Å². The van der Waals surface area contributed by atoms with Crippen LogP contribution in [-0.2, 0) is 4.74 Å². The highest BCUT2D eigenvalue weighted by Crippen LogP contribution is 2.27. The van der Waals surface area contributed by atoms with E-state index < -0.39 is 11.6 Å². The molecule has 1 saturated heterocycles. The Morgan fingerprint density at radius 2 is 2.15 bits per heavy atom. The lowest BCUT2D eigenvalue weighted by Crippen LogP contribution is -2.25. The summed E-state index contributed by atoms with van der Waals surface area (Å²) in [4.78, 5) is 4.22. The van der Waals surface area contributed by atoms with E-state index in [2.05, 4.69) is 15.5 Å². The van der Waals surface area contributed by atoms with Gasteiger partial charge in [-0.25, -0.2) is 8.78 Å². The fraction of sp³-hybridized carbons (Fsp3) is 0.385. The Hall–Kier alpha value is -1.86. The lowest BCUT2D eigenvalue weighted by molar-refractivity contribution is 0.0853. The normalized spacial score (nSPS) is 22.4. The fourth-order valence-corrected chi connectivity index (χ4v) is 2.22. The molecule has 20 heavy (non-hydrogen) atoms. The maximum Gasteiger partial charge on any atom is 0.244 e. The van der Waals surface area contributed by atoms with Gasteiger partial charge < -0.3 is 9.26 Å². The first-order chi connectivity index (χ1) is 9.67. The summed E-state index contributed by atoms with van der Waals surface area (Å²) < 4.78 is 36.4. The number of hydrogen-bond acceptors (Lipinski definition) is 5. The average Bonchev–Trinajstić information content (AvgIpc) is 3.09. The van der Waals surface area contributed by atoms with E-state index in [1.807, 2.05) is 0 Å². The molecule has 106 valence electrons. The van der Waals surface area contributed by atoms with Crippen molar-refractivity contribution in [3.63, 3.8) is 0 Å². The third-order valence-corrected chi connectivity index (χ3v) is 3.31. The van der Waals surface area contributed by atoms with Gasteiger partial charge in [0.2, 0.25) is 11.7 Å². The van der Waals surface area contributed by atoms with Gasteiger partial charge in [0.05, 0.1) is 6.04 Å². The van der Waals surface area contributed by atoms with Gasteiger partial charge in [0, 0.05) is 12.7 Å². The van der Waals surface area contributed by atoms with Crippen molar-refractivity contribution in [3.05, 3.63) is 35.7 Å². The summed E-state index contributed by atoms with van der Waals surface area (Å²) in [5.41, 5.74) is 0.375. The summed E-state index contributed by atoms with van der Waals surface area (Å²) in [6.45, 7) is 0. The number of benzene rings is 1. The minimum Gasteiger partial charge on any atom is -0.367 e. The predicted molar refractivity (Wildman–Crippen MR) is 65.6 cm³/mol. The van der Waals surface area contributed by atoms with Crippen molar-refractivity contribution in [2.75, 3.05) is 7.11 Å². The minimum atomic E-state index is -0.938. The second kappa shape index (κ2) is 5.26. The maximum atomic E-state index is 13.2. The Morgan fingerprint density at radius 1 is 1.30 bits per heavy atom. The van der Waals surface area contributed by atoms with E-state index in [4.69, 9.17) is 9.26 Å². The average molecular weight is 281 g/mol. The quantitative estimate of drug-likeness (QED) is 0.936. The zero-order valence-corrected chi connectivity index (χ0v) is 10.8. The van der Waals surface area contributed by atoms with Crippen molar-refractivity contribution >= 4 is 0 Å². The number of aromatic nitrogens is 2. The van der Waals surface area contributed by atoms with Crippen molar-refractivity contribution in [1.82, 2.24) is 15.5 Å². The summed E-state index contributed by atoms with van der Waals surface area (Å²) >= 11 is 0. The van der Waals surface area contributed by atoms with Gasteiger partial charge in [0.25, 0.3) is 0 Å². The first-order valence-electron chi connectivity index (χ1n) is 6.25. The molecule has 5 nitrogen and oxygen atoms in total. The molecule has 2 atom stereocenters. The van der Waals surface area contributed by atoms with Crippen LogP contribution in [0.4, 0.5) is 8.78 Å². The van der Waals surface area contributed by atoms with Crippen molar-refractivity contribution in [3.8, 4) is 11.4 Å². The maximum absolute atomic E-state index is 13.2. The molecule has 2 unspecified atom stereocenters. The van der Waals surface area contributed by atoms with Crippen LogP contribution in [0, 0.1) is 11.6 Å². The van der Waals surface area contributed by atoms with Crippen molar-refractivity contribution in [1.29, 1.82) is 0 Å². The molecular formula is C13H13F2N3O2. The Kier molecular flexibility index (Phi) is 3.45. The Bertz CT molecular complexity index is 617. The molecule has 2 heterocycles. The van der Waals surface area contributed by atoms with E-state index in [1.54, 1.807) is 7.11 Å². The van der Waals surface area contributed by atoms with E-state index in [1.165, 1.54) is 6.07 Å². The molecule has 0 saturated carbocycles. The minimum absolute atomic E-state index is 0.0291. The number of halogens is 2. The van der Waals surface area contributed by atoms with Gasteiger partial charge >= 0.3 is 0 Å². The third kappa shape index (κ3) is 2.41. The summed E-state index contributed by atoms with van der Waals surface area (Å²) in [7, 11) is 1.63. The van der Waals surface area contributed by atoms with Gasteiger partial charge in [0.15, 0.2) is 11.6 Å². The van der Waals surface area contributed by atoms with Crippen LogP contribution in [0.5, 0.6) is 0 Å². The number of ether oxygens (including phenoxy) is 1. The van der Waals surface area contributed by atoms with E-state index in [-0.39, 0.29) is 18.1 Å². The molecule has 1 aliphatic heterocycles. The first kappa shape index (κ1) is 13.1. The van der Waals surface area contributed by atoms with Gasteiger partial charge in [0.1, 0.15) is 6.23 Å². The van der Waals surface area contributed by atoms with E-state index in [9.17, 15) is 8.78 Å². The zero-order chi connectivity index (χ0) is 14.1. The lowest BCUT2D eigenvalue weighted by Gasteiger charge is -2.08. The molecule has 1 fully saturated rings. The zero-order valence-electron chi connectivity index (χ0n) is 10.8. The molecular weight excluding hydrogens is 268 g/mol. The largest absolute Gasteiger partial charge is 0.367 e. The first-order valence-corrected chi connectivity index (χ1v) is 6.25. The molecule has 2 aromatic rings. The molecule has 1 aromatic heterocycles. The van der Waals surface area contributed by atoms with Gasteiger partial charge in [-0.1, -0.05) is 5.16 Å². The lowest BCUT2D eigenvalue weighted by atomic mass is 10.2. The van der Waals surface area contributed by atoms with Crippen LogP contribution in [0.3, 0.4) is 0 Å². The standard InChI is InChI=1S/C13H13F2N3O2/c1-19-11-5-4-10(16-11)13-17-12(18-20-13)7-2-3-8(14)9(15)6-7/h2-3,6,10-11,16H,4-5H2,1H3. The molecule has 3 rings (SSSR count). The molecule has 1 aliphatic rings. The highest BCUT2D eigenvalue weighted by Gasteiger charge is 2.29. The van der Waals surface area contributed by atoms with Gasteiger partial charge in [-0.3, -0.25) is 5.32 Å². The van der Waals surface area contributed by atoms with Crippen LogP contribution < -0.4 is 5.32 Å². The van der Waals surface area contributed by atoms with Crippen LogP contribution in [0.2, 0.25) is 0 Å². The van der Waals surface area contributed by atoms with Gasteiger partial charge in [-0.15, -0.1) is 0 Å². The topological polar surface area (TPSA) is 60.2 Å². The van der Waals surface area contributed by atoms with E-state index in [0.717, 1.165) is 25.0 Å². The Labute approximate surface area is 113 Å². The smallest absolute Gasteiger partial charge is 0.244 e. The molecule has 1 N–H and O–H groups in total. The van der Waals surface area contributed by atoms with E-state index in [0.29, 0.717) is 11.5 Å². The predicted octanol–water partition coefficient (Wildman–Crippen LogP) is 2.41. The van der Waals surface area contributed by atoms with Crippen molar-refractivity contribution < 1.29 is 18.0 Å². The number of rotatable bonds is 3. The van der Waals surface area contributed by atoms with Crippen LogP contribution in [-0.4, -0.2) is 23.5 Å². The second-order valence-electron chi connectivity index (χ2n) is 4.61. The van der Waals surface area contributed by atoms with Crippen LogP contribution in [0.1, 0.15) is 24.8 Å². The van der Waals surface area contributed by atoms with Crippen LogP contribution in [0.15, 0.2) is 22.7 Å².